The van der Waals surface area contributed by atoms with Crippen molar-refractivity contribution in [1.82, 2.24) is 0 Å². The molecule has 0 aliphatic heterocycles. The van der Waals surface area contributed by atoms with Crippen LogP contribution in [-0.4, -0.2) is 5.91 Å². The minimum atomic E-state index is -0.441. The SMILES string of the molecule is O=C(Nc1ccc2oc(-c3ccccc3Cl)cc(=O)c2c1)c1cc2cc(Cl)ccc2o1. The van der Waals surface area contributed by atoms with Gasteiger partial charge in [-0.25, -0.2) is 0 Å². The Bertz CT molecular complexity index is 1530. The summed E-state index contributed by atoms with van der Waals surface area (Å²) in [6.45, 7) is 0. The van der Waals surface area contributed by atoms with E-state index in [0.29, 0.717) is 43.6 Å². The fraction of sp³-hybridized carbons (Fsp3) is 0. The first-order valence-corrected chi connectivity index (χ1v) is 10.1. The standard InChI is InChI=1S/C24H13Cl2NO4/c25-14-5-7-20-13(9-14)10-23(30-20)24(29)27-15-6-8-21-17(11-15)19(28)12-22(31-21)16-3-1-2-4-18(16)26/h1-12H,(H,27,29). The molecule has 0 saturated heterocycles. The van der Waals surface area contributed by atoms with Gasteiger partial charge in [-0.15, -0.1) is 0 Å². The third kappa shape index (κ3) is 3.69. The molecular weight excluding hydrogens is 437 g/mol. The number of benzene rings is 3. The number of carbonyl (C=O) groups is 1. The summed E-state index contributed by atoms with van der Waals surface area (Å²) in [4.78, 5) is 25.3. The Morgan fingerprint density at radius 1 is 0.839 bits per heavy atom. The van der Waals surface area contributed by atoms with Gasteiger partial charge < -0.3 is 14.2 Å². The zero-order valence-corrected chi connectivity index (χ0v) is 17.3. The minimum absolute atomic E-state index is 0.137. The van der Waals surface area contributed by atoms with Gasteiger partial charge in [0.2, 0.25) is 0 Å². The molecular formula is C24H13Cl2NO4. The van der Waals surface area contributed by atoms with Crippen molar-refractivity contribution in [2.45, 2.75) is 0 Å². The predicted molar refractivity (Wildman–Crippen MR) is 122 cm³/mol. The van der Waals surface area contributed by atoms with E-state index in [1.807, 2.05) is 6.07 Å². The molecule has 0 atom stereocenters. The van der Waals surface area contributed by atoms with Crippen LogP contribution < -0.4 is 10.7 Å². The summed E-state index contributed by atoms with van der Waals surface area (Å²) in [5, 5.41) is 4.85. The van der Waals surface area contributed by atoms with Crippen LogP contribution in [0.15, 0.2) is 86.4 Å². The Kier molecular flexibility index (Phi) is 4.77. The number of carbonyl (C=O) groups excluding carboxylic acids is 1. The van der Waals surface area contributed by atoms with Gasteiger partial charge in [0.05, 0.1) is 10.4 Å². The predicted octanol–water partition coefficient (Wildman–Crippen LogP) is 6.77. The van der Waals surface area contributed by atoms with E-state index < -0.39 is 5.91 Å². The van der Waals surface area contributed by atoms with Crippen molar-refractivity contribution in [2.24, 2.45) is 0 Å². The maximum atomic E-state index is 12.7. The molecule has 7 heteroatoms. The molecule has 0 radical (unpaired) electrons. The van der Waals surface area contributed by atoms with Crippen molar-refractivity contribution >= 4 is 56.7 Å². The molecule has 0 unspecified atom stereocenters. The van der Waals surface area contributed by atoms with Crippen LogP contribution in [0.4, 0.5) is 5.69 Å². The molecule has 31 heavy (non-hydrogen) atoms. The molecule has 0 saturated carbocycles. The zero-order valence-electron chi connectivity index (χ0n) is 15.8. The van der Waals surface area contributed by atoms with Crippen molar-refractivity contribution in [1.29, 1.82) is 0 Å². The number of halogens is 2. The first kappa shape index (κ1) is 19.4. The van der Waals surface area contributed by atoms with Crippen LogP contribution in [0.1, 0.15) is 10.6 Å². The molecule has 3 aromatic carbocycles. The van der Waals surface area contributed by atoms with E-state index in [4.69, 9.17) is 32.0 Å². The molecule has 0 bridgehead atoms. The highest BCUT2D eigenvalue weighted by Gasteiger charge is 2.15. The average Bonchev–Trinajstić information content (AvgIpc) is 3.18. The summed E-state index contributed by atoms with van der Waals surface area (Å²) >= 11 is 12.2. The maximum absolute atomic E-state index is 12.7. The maximum Gasteiger partial charge on any atom is 0.291 e. The molecule has 2 heterocycles. The highest BCUT2D eigenvalue weighted by Crippen LogP contribution is 2.29. The van der Waals surface area contributed by atoms with Gasteiger partial charge in [-0.3, -0.25) is 9.59 Å². The van der Waals surface area contributed by atoms with E-state index in [1.54, 1.807) is 60.7 Å². The van der Waals surface area contributed by atoms with Crippen LogP contribution in [-0.2, 0) is 0 Å². The summed E-state index contributed by atoms with van der Waals surface area (Å²) < 4.78 is 11.5. The van der Waals surface area contributed by atoms with Gasteiger partial charge in [-0.05, 0) is 54.6 Å². The molecule has 1 N–H and O–H groups in total. The third-order valence-electron chi connectivity index (χ3n) is 4.83. The van der Waals surface area contributed by atoms with Crippen molar-refractivity contribution in [2.75, 3.05) is 5.32 Å². The van der Waals surface area contributed by atoms with Gasteiger partial charge in [-0.1, -0.05) is 35.3 Å². The van der Waals surface area contributed by atoms with E-state index in [-0.39, 0.29) is 11.2 Å². The van der Waals surface area contributed by atoms with E-state index in [2.05, 4.69) is 5.32 Å². The van der Waals surface area contributed by atoms with Gasteiger partial charge in [0.25, 0.3) is 5.91 Å². The molecule has 5 aromatic rings. The number of anilines is 1. The molecule has 0 fully saturated rings. The van der Waals surface area contributed by atoms with Crippen LogP contribution in [0.25, 0.3) is 33.3 Å². The van der Waals surface area contributed by atoms with Gasteiger partial charge in [0.15, 0.2) is 11.2 Å². The summed E-state index contributed by atoms with van der Waals surface area (Å²) in [7, 11) is 0. The number of nitrogens with one attached hydrogen (secondary N) is 1. The minimum Gasteiger partial charge on any atom is -0.456 e. The molecule has 152 valence electrons. The summed E-state index contributed by atoms with van der Waals surface area (Å²) in [5.41, 5.74) is 1.77. The van der Waals surface area contributed by atoms with Crippen molar-refractivity contribution in [3.05, 3.63) is 98.8 Å². The molecule has 0 spiro atoms. The molecule has 5 rings (SSSR count). The fourth-order valence-corrected chi connectivity index (χ4v) is 3.76. The second-order valence-electron chi connectivity index (χ2n) is 6.91. The highest BCUT2D eigenvalue weighted by molar-refractivity contribution is 6.33. The Balaban J connectivity index is 1.47. The molecule has 5 nitrogen and oxygen atoms in total. The largest absolute Gasteiger partial charge is 0.456 e. The highest BCUT2D eigenvalue weighted by atomic mass is 35.5. The van der Waals surface area contributed by atoms with Gasteiger partial charge in [0.1, 0.15) is 16.9 Å². The quantitative estimate of drug-likeness (QED) is 0.330. The second kappa shape index (κ2) is 7.61. The number of amides is 1. The van der Waals surface area contributed by atoms with E-state index in [9.17, 15) is 9.59 Å². The lowest BCUT2D eigenvalue weighted by Gasteiger charge is -2.07. The second-order valence-corrected chi connectivity index (χ2v) is 7.76. The van der Waals surface area contributed by atoms with Crippen molar-refractivity contribution in [3.63, 3.8) is 0 Å². The Hall–Kier alpha value is -3.54. The van der Waals surface area contributed by atoms with Gasteiger partial charge in [-0.2, -0.15) is 0 Å². The van der Waals surface area contributed by atoms with Crippen LogP contribution in [0.5, 0.6) is 0 Å². The summed E-state index contributed by atoms with van der Waals surface area (Å²) in [6.07, 6.45) is 0. The number of hydrogen-bond acceptors (Lipinski definition) is 4. The smallest absolute Gasteiger partial charge is 0.291 e. The van der Waals surface area contributed by atoms with Crippen molar-refractivity contribution in [3.8, 4) is 11.3 Å². The van der Waals surface area contributed by atoms with Crippen LogP contribution in [0.2, 0.25) is 10.0 Å². The molecule has 0 aliphatic rings. The first-order valence-electron chi connectivity index (χ1n) is 9.31. The number of rotatable bonds is 3. The summed E-state index contributed by atoms with van der Waals surface area (Å²) in [6, 6.07) is 20.1. The first-order chi connectivity index (χ1) is 15.0. The average molecular weight is 450 g/mol. The molecule has 2 aromatic heterocycles. The Morgan fingerprint density at radius 3 is 2.48 bits per heavy atom. The van der Waals surface area contributed by atoms with E-state index in [0.717, 1.165) is 5.39 Å². The van der Waals surface area contributed by atoms with E-state index >= 15 is 0 Å². The lowest BCUT2D eigenvalue weighted by atomic mass is 10.1. The van der Waals surface area contributed by atoms with Crippen LogP contribution in [0.3, 0.4) is 0 Å². The topological polar surface area (TPSA) is 72.5 Å². The van der Waals surface area contributed by atoms with Crippen LogP contribution in [0, 0.1) is 0 Å². The normalized spacial score (nSPS) is 11.2. The Morgan fingerprint density at radius 2 is 1.65 bits per heavy atom. The molecule has 0 aliphatic carbocycles. The van der Waals surface area contributed by atoms with Crippen LogP contribution >= 0.6 is 23.2 Å². The summed E-state index contributed by atoms with van der Waals surface area (Å²) in [5.74, 6) is 0.0723. The molecule has 1 amide bonds. The number of fused-ring (bicyclic) bond motifs is 2. The Labute approximate surface area is 185 Å². The third-order valence-corrected chi connectivity index (χ3v) is 5.39. The number of furan rings is 1. The fourth-order valence-electron chi connectivity index (χ4n) is 3.35. The van der Waals surface area contributed by atoms with Gasteiger partial charge in [0, 0.05) is 27.7 Å². The zero-order chi connectivity index (χ0) is 21.5. The lowest BCUT2D eigenvalue weighted by Crippen LogP contribution is -2.11. The lowest BCUT2D eigenvalue weighted by molar-refractivity contribution is 0.0998. The number of hydrogen-bond donors (Lipinski definition) is 1. The van der Waals surface area contributed by atoms with Gasteiger partial charge >= 0.3 is 0 Å². The van der Waals surface area contributed by atoms with E-state index in [1.165, 1.54) is 6.07 Å². The van der Waals surface area contributed by atoms with Crippen molar-refractivity contribution < 1.29 is 13.6 Å². The monoisotopic (exact) mass is 449 g/mol.